The summed E-state index contributed by atoms with van der Waals surface area (Å²) in [5.41, 5.74) is 0.402. The number of hydrogen-bond acceptors (Lipinski definition) is 6. The minimum absolute atomic E-state index is 0.0116. The van der Waals surface area contributed by atoms with E-state index in [9.17, 15) is 9.59 Å². The Kier molecular flexibility index (Phi) is 7.61. The number of nitrogens with zero attached hydrogens (tertiary/aromatic N) is 1. The maximum atomic E-state index is 12.8. The first-order valence-corrected chi connectivity index (χ1v) is 10.8. The molecular formula is C23H24N2O5S. The lowest BCUT2D eigenvalue weighted by Gasteiger charge is -2.15. The van der Waals surface area contributed by atoms with E-state index in [-0.39, 0.29) is 17.5 Å². The van der Waals surface area contributed by atoms with Gasteiger partial charge < -0.3 is 19.9 Å². The first-order valence-electron chi connectivity index (χ1n) is 9.92. The van der Waals surface area contributed by atoms with Gasteiger partial charge in [-0.3, -0.25) is 4.79 Å². The molecule has 0 spiro atoms. The Bertz CT molecular complexity index is 1020. The number of carboxylic acids is 1. The Morgan fingerprint density at radius 2 is 1.97 bits per heavy atom. The first kappa shape index (κ1) is 22.3. The smallest absolute Gasteiger partial charge is 0.337 e. The number of carbonyl (C=O) groups is 2. The van der Waals surface area contributed by atoms with Gasteiger partial charge in [-0.25, -0.2) is 9.78 Å². The van der Waals surface area contributed by atoms with Crippen LogP contribution in [0.3, 0.4) is 0 Å². The molecule has 3 rings (SSSR count). The van der Waals surface area contributed by atoms with E-state index in [0.717, 1.165) is 12.8 Å². The molecule has 2 aromatic heterocycles. The molecule has 2 heterocycles. The lowest BCUT2D eigenvalue weighted by molar-refractivity contribution is 0.0696. The number of anilines is 1. The zero-order valence-corrected chi connectivity index (χ0v) is 18.1. The fourth-order valence-electron chi connectivity index (χ4n) is 2.68. The van der Waals surface area contributed by atoms with E-state index >= 15 is 0 Å². The molecule has 1 unspecified atom stereocenters. The lowest BCUT2D eigenvalue weighted by Crippen LogP contribution is -2.15. The standard InChI is InChI=1S/C23H24N2O5S/c1-3-15(2)30-19-12-17(11-18(13-19)29-9-8-20-5-4-10-31-20)22(26)25-21-7-6-16(14-24-21)23(27)28/h4-7,10-15H,3,8-9H2,1-2H3,(H,27,28)(H,24,25,26). The minimum Gasteiger partial charge on any atom is -0.493 e. The summed E-state index contributed by atoms with van der Waals surface area (Å²) >= 11 is 1.67. The van der Waals surface area contributed by atoms with Crippen molar-refractivity contribution in [3.8, 4) is 11.5 Å². The molecule has 0 saturated heterocycles. The van der Waals surface area contributed by atoms with Crippen LogP contribution in [0.25, 0.3) is 0 Å². The van der Waals surface area contributed by atoms with Gasteiger partial charge in [-0.05, 0) is 49.1 Å². The van der Waals surface area contributed by atoms with Crippen LogP contribution in [-0.2, 0) is 6.42 Å². The van der Waals surface area contributed by atoms with Gasteiger partial charge in [0.2, 0.25) is 0 Å². The van der Waals surface area contributed by atoms with E-state index in [0.29, 0.717) is 23.7 Å². The Morgan fingerprint density at radius 3 is 2.61 bits per heavy atom. The van der Waals surface area contributed by atoms with Crippen molar-refractivity contribution in [3.05, 3.63) is 70.0 Å². The molecule has 0 radical (unpaired) electrons. The van der Waals surface area contributed by atoms with E-state index in [1.807, 2.05) is 25.3 Å². The minimum atomic E-state index is -1.08. The number of thiophene rings is 1. The summed E-state index contributed by atoms with van der Waals surface area (Å²) in [6.45, 7) is 4.46. The topological polar surface area (TPSA) is 97.8 Å². The van der Waals surface area contributed by atoms with E-state index < -0.39 is 11.9 Å². The summed E-state index contributed by atoms with van der Waals surface area (Å²) in [6, 6.07) is 12.0. The molecule has 0 aliphatic rings. The maximum absolute atomic E-state index is 12.8. The molecule has 0 saturated carbocycles. The van der Waals surface area contributed by atoms with Gasteiger partial charge in [-0.1, -0.05) is 13.0 Å². The van der Waals surface area contributed by atoms with Crippen molar-refractivity contribution in [2.24, 2.45) is 0 Å². The van der Waals surface area contributed by atoms with Crippen molar-refractivity contribution < 1.29 is 24.2 Å². The van der Waals surface area contributed by atoms with E-state index in [1.165, 1.54) is 23.2 Å². The summed E-state index contributed by atoms with van der Waals surface area (Å²) in [4.78, 5) is 28.9. The number of ether oxygens (including phenoxy) is 2. The maximum Gasteiger partial charge on any atom is 0.337 e. The number of hydrogen-bond donors (Lipinski definition) is 2. The Labute approximate surface area is 184 Å². The summed E-state index contributed by atoms with van der Waals surface area (Å²) in [5, 5.41) is 13.7. The van der Waals surface area contributed by atoms with Gasteiger partial charge in [-0.15, -0.1) is 11.3 Å². The number of aromatic carboxylic acids is 1. The van der Waals surface area contributed by atoms with Crippen molar-refractivity contribution in [2.75, 3.05) is 11.9 Å². The van der Waals surface area contributed by atoms with Crippen molar-refractivity contribution in [3.63, 3.8) is 0 Å². The van der Waals surface area contributed by atoms with Gasteiger partial charge in [0.05, 0.1) is 18.3 Å². The second-order valence-corrected chi connectivity index (χ2v) is 7.93. The lowest BCUT2D eigenvalue weighted by atomic mass is 10.1. The third-order valence-corrected chi connectivity index (χ3v) is 5.44. The Balaban J connectivity index is 1.74. The number of pyridine rings is 1. The molecule has 3 aromatic rings. The van der Waals surface area contributed by atoms with Crippen LogP contribution in [0.5, 0.6) is 11.5 Å². The Morgan fingerprint density at radius 1 is 1.16 bits per heavy atom. The molecule has 162 valence electrons. The largest absolute Gasteiger partial charge is 0.493 e. The number of nitrogens with one attached hydrogen (secondary N) is 1. The van der Waals surface area contributed by atoms with E-state index in [1.54, 1.807) is 29.5 Å². The summed E-state index contributed by atoms with van der Waals surface area (Å²) in [7, 11) is 0. The third kappa shape index (κ3) is 6.55. The quantitative estimate of drug-likeness (QED) is 0.466. The molecule has 0 aliphatic heterocycles. The SMILES string of the molecule is CCC(C)Oc1cc(OCCc2cccs2)cc(C(=O)Nc2ccc(C(=O)O)cn2)c1. The van der Waals surface area contributed by atoms with Crippen LogP contribution < -0.4 is 14.8 Å². The molecule has 8 heteroatoms. The highest BCUT2D eigenvalue weighted by Crippen LogP contribution is 2.25. The molecule has 7 nitrogen and oxygen atoms in total. The van der Waals surface area contributed by atoms with Crippen LogP contribution in [-0.4, -0.2) is 34.7 Å². The average Bonchev–Trinajstić information content (AvgIpc) is 3.27. The monoisotopic (exact) mass is 440 g/mol. The van der Waals surface area contributed by atoms with Crippen molar-refractivity contribution in [1.82, 2.24) is 4.98 Å². The van der Waals surface area contributed by atoms with Crippen LogP contribution >= 0.6 is 11.3 Å². The van der Waals surface area contributed by atoms with Crippen LogP contribution in [0.2, 0.25) is 0 Å². The van der Waals surface area contributed by atoms with E-state index in [2.05, 4.69) is 16.4 Å². The first-order chi connectivity index (χ1) is 14.9. The van der Waals surface area contributed by atoms with Crippen molar-refractivity contribution in [1.29, 1.82) is 0 Å². The van der Waals surface area contributed by atoms with Gasteiger partial charge in [0.1, 0.15) is 17.3 Å². The zero-order chi connectivity index (χ0) is 22.2. The fraction of sp³-hybridized carbons (Fsp3) is 0.261. The molecule has 0 fully saturated rings. The summed E-state index contributed by atoms with van der Waals surface area (Å²) in [5.74, 6) is -0.139. The van der Waals surface area contributed by atoms with Gasteiger partial charge in [0.15, 0.2) is 0 Å². The van der Waals surface area contributed by atoms with Crippen LogP contribution in [0, 0.1) is 0 Å². The van der Waals surface area contributed by atoms with Crippen LogP contribution in [0.4, 0.5) is 5.82 Å². The number of carbonyl (C=O) groups excluding carboxylic acids is 1. The predicted octanol–water partition coefficient (Wildman–Crippen LogP) is 4.89. The summed E-state index contributed by atoms with van der Waals surface area (Å²) in [6.07, 6.45) is 2.78. The summed E-state index contributed by atoms with van der Waals surface area (Å²) < 4.78 is 11.8. The molecule has 31 heavy (non-hydrogen) atoms. The van der Waals surface area contributed by atoms with E-state index in [4.69, 9.17) is 14.6 Å². The number of aromatic nitrogens is 1. The predicted molar refractivity (Wildman–Crippen MR) is 119 cm³/mol. The molecule has 1 aromatic carbocycles. The fourth-order valence-corrected chi connectivity index (χ4v) is 3.37. The third-order valence-electron chi connectivity index (χ3n) is 4.50. The van der Waals surface area contributed by atoms with Crippen molar-refractivity contribution >= 4 is 29.0 Å². The van der Waals surface area contributed by atoms with Gasteiger partial charge in [0.25, 0.3) is 5.91 Å². The van der Waals surface area contributed by atoms with Gasteiger partial charge >= 0.3 is 5.97 Å². The van der Waals surface area contributed by atoms with Crippen LogP contribution in [0.1, 0.15) is 45.9 Å². The van der Waals surface area contributed by atoms with Gasteiger partial charge in [0, 0.05) is 29.1 Å². The molecule has 0 aliphatic carbocycles. The Hall–Kier alpha value is -3.39. The highest BCUT2D eigenvalue weighted by molar-refractivity contribution is 7.09. The second kappa shape index (κ2) is 10.6. The highest BCUT2D eigenvalue weighted by Gasteiger charge is 2.13. The highest BCUT2D eigenvalue weighted by atomic mass is 32.1. The normalized spacial score (nSPS) is 11.5. The average molecular weight is 441 g/mol. The number of rotatable bonds is 10. The molecule has 0 bridgehead atoms. The zero-order valence-electron chi connectivity index (χ0n) is 17.3. The molecule has 2 N–H and O–H groups in total. The number of amides is 1. The van der Waals surface area contributed by atoms with Crippen molar-refractivity contribution in [2.45, 2.75) is 32.8 Å². The van der Waals surface area contributed by atoms with Crippen LogP contribution in [0.15, 0.2) is 54.0 Å². The van der Waals surface area contributed by atoms with Gasteiger partial charge in [-0.2, -0.15) is 0 Å². The molecular weight excluding hydrogens is 416 g/mol. The molecule has 1 atom stereocenters. The number of carboxylic acid groups (broad SMARTS) is 1. The second-order valence-electron chi connectivity index (χ2n) is 6.90. The molecule has 1 amide bonds. The number of benzene rings is 1.